The Bertz CT molecular complexity index is 3960. The summed E-state index contributed by atoms with van der Waals surface area (Å²) in [5.41, 5.74) is 12.1. The van der Waals surface area contributed by atoms with Crippen molar-refractivity contribution < 1.29 is 4.42 Å². The van der Waals surface area contributed by atoms with E-state index >= 15 is 0 Å². The smallest absolute Gasteiger partial charge is 0.160 e. The summed E-state index contributed by atoms with van der Waals surface area (Å²) in [6, 6.07) is 86.1. The second-order valence-electron chi connectivity index (χ2n) is 16.8. The number of fused-ring (bicyclic) bond motifs is 9. The fourth-order valence-electron chi connectivity index (χ4n) is 10.1. The van der Waals surface area contributed by atoms with Gasteiger partial charge in [-0.1, -0.05) is 188 Å². The zero-order valence-corrected chi connectivity index (χ0v) is 34.9. The van der Waals surface area contributed by atoms with Gasteiger partial charge in [-0.05, 0) is 130 Å². The molecule has 2 nitrogen and oxygen atoms in total. The molecule has 0 unspecified atom stereocenters. The van der Waals surface area contributed by atoms with Crippen LogP contribution in [0.2, 0.25) is 0 Å². The monoisotopic (exact) mass is 813 g/mol. The molecular formula is C62H39NO. The average molecular weight is 814 g/mol. The molecule has 0 aliphatic heterocycles. The molecule has 0 spiro atoms. The number of furan rings is 1. The molecule has 0 bridgehead atoms. The summed E-state index contributed by atoms with van der Waals surface area (Å²) in [6.07, 6.45) is 0. The van der Waals surface area contributed by atoms with E-state index < -0.39 is 0 Å². The van der Waals surface area contributed by atoms with E-state index in [2.05, 4.69) is 241 Å². The molecule has 0 aliphatic carbocycles. The minimum Gasteiger partial charge on any atom is -0.454 e. The van der Waals surface area contributed by atoms with Crippen molar-refractivity contribution in [2.45, 2.75) is 0 Å². The predicted octanol–water partition coefficient (Wildman–Crippen LogP) is 17.8. The molecule has 2 heteroatoms. The van der Waals surface area contributed by atoms with Gasteiger partial charge in [-0.3, -0.25) is 0 Å². The molecule has 0 saturated carbocycles. The zero-order valence-electron chi connectivity index (χ0n) is 34.9. The molecule has 12 aromatic carbocycles. The number of anilines is 3. The molecule has 1 heterocycles. The topological polar surface area (TPSA) is 16.4 Å². The van der Waals surface area contributed by atoms with E-state index in [0.29, 0.717) is 0 Å². The lowest BCUT2D eigenvalue weighted by atomic mass is 9.93. The average Bonchev–Trinajstić information content (AvgIpc) is 3.76. The van der Waals surface area contributed by atoms with Gasteiger partial charge in [0, 0.05) is 21.8 Å². The van der Waals surface area contributed by atoms with Crippen LogP contribution in [0, 0.1) is 0 Å². The summed E-state index contributed by atoms with van der Waals surface area (Å²) in [7, 11) is 0. The first-order chi connectivity index (χ1) is 31.7. The largest absolute Gasteiger partial charge is 0.454 e. The van der Waals surface area contributed by atoms with Crippen LogP contribution in [0.3, 0.4) is 0 Å². The predicted molar refractivity (Wildman–Crippen MR) is 272 cm³/mol. The zero-order chi connectivity index (χ0) is 42.1. The summed E-state index contributed by atoms with van der Waals surface area (Å²) in [5.74, 6) is 0. The Hall–Kier alpha value is -8.46. The lowest BCUT2D eigenvalue weighted by Crippen LogP contribution is -2.11. The Balaban J connectivity index is 0.971. The minimum atomic E-state index is 0.865. The molecule has 0 saturated heterocycles. The Morgan fingerprint density at radius 3 is 1.55 bits per heavy atom. The van der Waals surface area contributed by atoms with Gasteiger partial charge in [-0.15, -0.1) is 0 Å². The summed E-state index contributed by atoms with van der Waals surface area (Å²) in [4.78, 5) is 2.41. The number of hydrogen-bond acceptors (Lipinski definition) is 2. The van der Waals surface area contributed by atoms with Gasteiger partial charge in [-0.25, -0.2) is 0 Å². The van der Waals surface area contributed by atoms with Crippen molar-refractivity contribution in [1.82, 2.24) is 0 Å². The summed E-state index contributed by atoms with van der Waals surface area (Å²) >= 11 is 0. The Labute approximate surface area is 370 Å². The number of rotatable bonds is 6. The molecule has 0 radical (unpaired) electrons. The molecule has 0 fully saturated rings. The first kappa shape index (κ1) is 36.2. The third kappa shape index (κ3) is 5.88. The molecule has 0 amide bonds. The molecule has 0 atom stereocenters. The molecule has 64 heavy (non-hydrogen) atoms. The van der Waals surface area contributed by atoms with E-state index in [1.54, 1.807) is 0 Å². The van der Waals surface area contributed by atoms with E-state index in [9.17, 15) is 0 Å². The molecule has 13 rings (SSSR count). The SMILES string of the molecule is c1ccc2cc(-c3ccc4cc(-c5ccc(N(c6cccc7c(-c8cccc9ccccc89)cccc67)c6cc7ccccc7c7c6oc6ccccc67)cc5)ccc4c3)ccc2c1. The van der Waals surface area contributed by atoms with E-state index in [1.165, 1.54) is 70.9 Å². The second-order valence-corrected chi connectivity index (χ2v) is 16.8. The fraction of sp³-hybridized carbons (Fsp3) is 0. The fourth-order valence-corrected chi connectivity index (χ4v) is 10.1. The van der Waals surface area contributed by atoms with Gasteiger partial charge in [-0.2, -0.15) is 0 Å². The first-order valence-corrected chi connectivity index (χ1v) is 22.0. The van der Waals surface area contributed by atoms with Crippen molar-refractivity contribution in [3.63, 3.8) is 0 Å². The van der Waals surface area contributed by atoms with Crippen LogP contribution in [0.1, 0.15) is 0 Å². The van der Waals surface area contributed by atoms with E-state index in [1.807, 2.05) is 0 Å². The standard InChI is InChI=1S/C62H39NO/c1-2-14-43-36-45(27-26-40(43)12-1)48-31-30-46-37-44(28-29-47(46)38-48)41-32-34-50(35-33-41)63(59-39-49-15-4-6-18-52(49)61-57-19-7-8-25-60(57)64-62(59)61)58-24-11-22-55-54(21-10-23-56(55)58)53-20-9-16-42-13-3-5-17-51(42)53/h1-39H. The number of nitrogens with zero attached hydrogens (tertiary/aromatic N) is 1. The maximum atomic E-state index is 6.92. The van der Waals surface area contributed by atoms with Crippen LogP contribution in [0.15, 0.2) is 241 Å². The molecule has 0 N–H and O–H groups in total. The highest BCUT2D eigenvalue weighted by molar-refractivity contribution is 6.23. The van der Waals surface area contributed by atoms with E-state index in [-0.39, 0.29) is 0 Å². The third-order valence-corrected chi connectivity index (χ3v) is 13.2. The van der Waals surface area contributed by atoms with Gasteiger partial charge < -0.3 is 9.32 Å². The van der Waals surface area contributed by atoms with Gasteiger partial charge in [0.15, 0.2) is 5.58 Å². The Morgan fingerprint density at radius 2 is 0.781 bits per heavy atom. The van der Waals surface area contributed by atoms with Gasteiger partial charge >= 0.3 is 0 Å². The molecular weight excluding hydrogens is 775 g/mol. The van der Waals surface area contributed by atoms with Crippen molar-refractivity contribution in [1.29, 1.82) is 0 Å². The van der Waals surface area contributed by atoms with Gasteiger partial charge in [0.1, 0.15) is 5.58 Å². The molecule has 1 aromatic heterocycles. The lowest BCUT2D eigenvalue weighted by Gasteiger charge is -2.28. The number of hydrogen-bond donors (Lipinski definition) is 0. The maximum Gasteiger partial charge on any atom is 0.160 e. The maximum absolute atomic E-state index is 6.92. The van der Waals surface area contributed by atoms with Crippen LogP contribution in [0.25, 0.3) is 109 Å². The van der Waals surface area contributed by atoms with E-state index in [4.69, 9.17) is 4.42 Å². The summed E-state index contributed by atoms with van der Waals surface area (Å²) in [6.45, 7) is 0. The van der Waals surface area contributed by atoms with Gasteiger partial charge in [0.25, 0.3) is 0 Å². The highest BCUT2D eigenvalue weighted by Crippen LogP contribution is 2.48. The first-order valence-electron chi connectivity index (χ1n) is 22.0. The highest BCUT2D eigenvalue weighted by atomic mass is 16.3. The van der Waals surface area contributed by atoms with Crippen molar-refractivity contribution in [3.8, 4) is 33.4 Å². The van der Waals surface area contributed by atoms with Crippen LogP contribution in [0.5, 0.6) is 0 Å². The summed E-state index contributed by atoms with van der Waals surface area (Å²) < 4.78 is 6.92. The Kier molecular flexibility index (Phi) is 8.25. The quantitative estimate of drug-likeness (QED) is 0.166. The van der Waals surface area contributed by atoms with Crippen molar-refractivity contribution in [2.75, 3.05) is 4.90 Å². The van der Waals surface area contributed by atoms with Crippen molar-refractivity contribution >= 4 is 92.9 Å². The number of benzene rings is 12. The van der Waals surface area contributed by atoms with Crippen LogP contribution >= 0.6 is 0 Å². The summed E-state index contributed by atoms with van der Waals surface area (Å²) in [5, 5.41) is 14.4. The lowest BCUT2D eigenvalue weighted by molar-refractivity contribution is 0.669. The van der Waals surface area contributed by atoms with Crippen LogP contribution in [-0.2, 0) is 0 Å². The third-order valence-electron chi connectivity index (χ3n) is 13.2. The van der Waals surface area contributed by atoms with Crippen molar-refractivity contribution in [2.24, 2.45) is 0 Å². The van der Waals surface area contributed by atoms with Gasteiger partial charge in [0.05, 0.1) is 11.4 Å². The van der Waals surface area contributed by atoms with Crippen LogP contribution in [0.4, 0.5) is 17.1 Å². The van der Waals surface area contributed by atoms with Gasteiger partial charge in [0.2, 0.25) is 0 Å². The molecule has 13 aromatic rings. The normalized spacial score (nSPS) is 11.8. The molecule has 298 valence electrons. The van der Waals surface area contributed by atoms with Crippen LogP contribution < -0.4 is 4.90 Å². The van der Waals surface area contributed by atoms with Crippen molar-refractivity contribution in [3.05, 3.63) is 237 Å². The Morgan fingerprint density at radius 1 is 0.281 bits per heavy atom. The molecule has 0 aliphatic rings. The second kappa shape index (κ2) is 14.6. The minimum absolute atomic E-state index is 0.865. The van der Waals surface area contributed by atoms with Crippen LogP contribution in [-0.4, -0.2) is 0 Å². The van der Waals surface area contributed by atoms with E-state index in [0.717, 1.165) is 55.3 Å². The highest BCUT2D eigenvalue weighted by Gasteiger charge is 2.24. The number of para-hydroxylation sites is 1.